The summed E-state index contributed by atoms with van der Waals surface area (Å²) in [5.41, 5.74) is 3.65. The highest BCUT2D eigenvalue weighted by atomic mass is 16.1. The molecule has 0 amide bonds. The van der Waals surface area contributed by atoms with Gasteiger partial charge < -0.3 is 0 Å². The number of hydrogen-bond donors (Lipinski definition) is 0. The first-order valence-electron chi connectivity index (χ1n) is 4.77. The molecule has 0 N–H and O–H groups in total. The molecule has 0 atom stereocenters. The fourth-order valence-electron chi connectivity index (χ4n) is 1.54. The minimum atomic E-state index is 0.589. The van der Waals surface area contributed by atoms with E-state index < -0.39 is 0 Å². The number of aryl methyl sites for hydroxylation is 2. The molecule has 2 aromatic rings. The molecule has 0 unspecified atom stereocenters. The van der Waals surface area contributed by atoms with E-state index in [-0.39, 0.29) is 0 Å². The van der Waals surface area contributed by atoms with Crippen LogP contribution in [0.1, 0.15) is 16.1 Å². The van der Waals surface area contributed by atoms with E-state index in [4.69, 9.17) is 0 Å². The van der Waals surface area contributed by atoms with Crippen molar-refractivity contribution >= 4 is 6.29 Å². The molecular weight excluding hydrogens is 188 g/mol. The summed E-state index contributed by atoms with van der Waals surface area (Å²) in [5, 5.41) is 4.28. The number of hydrogen-bond acceptors (Lipinski definition) is 2. The van der Waals surface area contributed by atoms with Gasteiger partial charge in [-0.25, -0.2) is 0 Å². The zero-order valence-electron chi connectivity index (χ0n) is 8.77. The molecular formula is C12H12N2O. The van der Waals surface area contributed by atoms with Gasteiger partial charge in [-0.1, -0.05) is 23.8 Å². The van der Waals surface area contributed by atoms with Crippen molar-refractivity contribution < 1.29 is 4.79 Å². The maximum absolute atomic E-state index is 10.7. The summed E-state index contributed by atoms with van der Waals surface area (Å²) in [7, 11) is 1.77. The van der Waals surface area contributed by atoms with Crippen molar-refractivity contribution in [1.82, 2.24) is 9.78 Å². The van der Waals surface area contributed by atoms with E-state index in [1.165, 1.54) is 5.56 Å². The second-order valence-corrected chi connectivity index (χ2v) is 3.57. The van der Waals surface area contributed by atoms with Gasteiger partial charge in [0, 0.05) is 12.6 Å². The summed E-state index contributed by atoms with van der Waals surface area (Å²) in [6, 6.07) is 9.86. The van der Waals surface area contributed by atoms with E-state index >= 15 is 0 Å². The molecule has 1 heterocycles. The molecule has 76 valence electrons. The van der Waals surface area contributed by atoms with Gasteiger partial charge in [0.05, 0.1) is 5.69 Å². The fraction of sp³-hybridized carbons (Fsp3) is 0.167. The lowest BCUT2D eigenvalue weighted by atomic mass is 10.1. The first-order valence-corrected chi connectivity index (χ1v) is 4.77. The van der Waals surface area contributed by atoms with E-state index in [9.17, 15) is 4.79 Å². The van der Waals surface area contributed by atoms with Gasteiger partial charge in [-0.2, -0.15) is 5.10 Å². The quantitative estimate of drug-likeness (QED) is 0.696. The predicted molar refractivity (Wildman–Crippen MR) is 58.8 cm³/mol. The Kier molecular flexibility index (Phi) is 2.37. The highest BCUT2D eigenvalue weighted by molar-refractivity contribution is 5.75. The van der Waals surface area contributed by atoms with Crippen LogP contribution in [0.15, 0.2) is 30.3 Å². The summed E-state index contributed by atoms with van der Waals surface area (Å²) >= 11 is 0. The molecule has 1 aromatic carbocycles. The molecule has 0 aliphatic carbocycles. The van der Waals surface area contributed by atoms with Gasteiger partial charge in [0.25, 0.3) is 0 Å². The average Bonchev–Trinajstić information content (AvgIpc) is 2.60. The first-order chi connectivity index (χ1) is 7.20. The minimum Gasteiger partial charge on any atom is -0.296 e. The van der Waals surface area contributed by atoms with Crippen LogP contribution in [-0.4, -0.2) is 16.1 Å². The van der Waals surface area contributed by atoms with E-state index in [1.807, 2.05) is 25.1 Å². The van der Waals surface area contributed by atoms with E-state index in [0.717, 1.165) is 17.5 Å². The highest BCUT2D eigenvalue weighted by Crippen LogP contribution is 2.19. The van der Waals surface area contributed by atoms with Crippen LogP contribution in [-0.2, 0) is 7.05 Å². The molecule has 0 radical (unpaired) electrons. The molecule has 0 saturated carbocycles. The van der Waals surface area contributed by atoms with Crippen LogP contribution in [0, 0.1) is 6.92 Å². The van der Waals surface area contributed by atoms with Crippen molar-refractivity contribution in [2.24, 2.45) is 7.05 Å². The van der Waals surface area contributed by atoms with Gasteiger partial charge in [0.2, 0.25) is 0 Å². The number of benzene rings is 1. The third-order valence-corrected chi connectivity index (χ3v) is 2.35. The fourth-order valence-corrected chi connectivity index (χ4v) is 1.54. The van der Waals surface area contributed by atoms with Gasteiger partial charge in [0.1, 0.15) is 5.69 Å². The maximum Gasteiger partial charge on any atom is 0.168 e. The topological polar surface area (TPSA) is 34.9 Å². The van der Waals surface area contributed by atoms with Crippen LogP contribution in [0.2, 0.25) is 0 Å². The summed E-state index contributed by atoms with van der Waals surface area (Å²) in [4.78, 5) is 10.7. The van der Waals surface area contributed by atoms with E-state index in [0.29, 0.717) is 5.69 Å². The van der Waals surface area contributed by atoms with Gasteiger partial charge in [-0.05, 0) is 19.1 Å². The Balaban J connectivity index is 2.49. The molecule has 1 aromatic heterocycles. The van der Waals surface area contributed by atoms with Crippen molar-refractivity contribution in [3.63, 3.8) is 0 Å². The van der Waals surface area contributed by atoms with Crippen LogP contribution in [0.5, 0.6) is 0 Å². The zero-order valence-corrected chi connectivity index (χ0v) is 8.77. The van der Waals surface area contributed by atoms with Crippen molar-refractivity contribution in [2.75, 3.05) is 0 Å². The number of aromatic nitrogens is 2. The normalized spacial score (nSPS) is 10.3. The lowest BCUT2D eigenvalue weighted by Gasteiger charge is -1.97. The Morgan fingerprint density at radius 2 is 2.13 bits per heavy atom. The summed E-state index contributed by atoms with van der Waals surface area (Å²) in [6.07, 6.45) is 0.812. The highest BCUT2D eigenvalue weighted by Gasteiger charge is 2.05. The number of aldehydes is 1. The zero-order chi connectivity index (χ0) is 10.8. The molecule has 3 nitrogen and oxygen atoms in total. The molecule has 0 aliphatic rings. The molecule has 0 aliphatic heterocycles. The van der Waals surface area contributed by atoms with Gasteiger partial charge in [-0.3, -0.25) is 9.48 Å². The maximum atomic E-state index is 10.7. The van der Waals surface area contributed by atoms with Gasteiger partial charge >= 0.3 is 0 Å². The van der Waals surface area contributed by atoms with E-state index in [1.54, 1.807) is 17.8 Å². The molecule has 15 heavy (non-hydrogen) atoms. The van der Waals surface area contributed by atoms with Crippen LogP contribution in [0.25, 0.3) is 11.3 Å². The lowest BCUT2D eigenvalue weighted by Crippen LogP contribution is -1.95. The molecule has 2 rings (SSSR count). The number of carbonyl (C=O) groups excluding carboxylic acids is 1. The monoisotopic (exact) mass is 200 g/mol. The standard InChI is InChI=1S/C12H12N2O/c1-9-4-3-5-10(6-9)12-7-11(8-15)14(2)13-12/h3-8H,1-2H3. The largest absolute Gasteiger partial charge is 0.296 e. The molecule has 0 bridgehead atoms. The van der Waals surface area contributed by atoms with Crippen LogP contribution < -0.4 is 0 Å². The second-order valence-electron chi connectivity index (χ2n) is 3.57. The van der Waals surface area contributed by atoms with E-state index in [2.05, 4.69) is 11.2 Å². The molecule has 0 saturated heterocycles. The number of rotatable bonds is 2. The molecule has 0 spiro atoms. The summed E-state index contributed by atoms with van der Waals surface area (Å²) in [6.45, 7) is 2.03. The first kappa shape index (κ1) is 9.65. The lowest BCUT2D eigenvalue weighted by molar-refractivity contribution is 0.111. The van der Waals surface area contributed by atoms with Crippen LogP contribution in [0.3, 0.4) is 0 Å². The number of nitrogens with zero attached hydrogens (tertiary/aromatic N) is 2. The average molecular weight is 200 g/mol. The SMILES string of the molecule is Cc1cccc(-c2cc(C=O)n(C)n2)c1. The Hall–Kier alpha value is -1.90. The van der Waals surface area contributed by atoms with Crippen LogP contribution in [0.4, 0.5) is 0 Å². The summed E-state index contributed by atoms with van der Waals surface area (Å²) in [5.74, 6) is 0. The van der Waals surface area contributed by atoms with Crippen molar-refractivity contribution in [3.05, 3.63) is 41.6 Å². The second kappa shape index (κ2) is 3.69. The van der Waals surface area contributed by atoms with Crippen LogP contribution >= 0.6 is 0 Å². The molecule has 3 heteroatoms. The Morgan fingerprint density at radius 1 is 1.33 bits per heavy atom. The smallest absolute Gasteiger partial charge is 0.168 e. The number of carbonyl (C=O) groups is 1. The molecule has 0 fully saturated rings. The minimum absolute atomic E-state index is 0.589. The predicted octanol–water partition coefficient (Wildman–Crippen LogP) is 2.21. The van der Waals surface area contributed by atoms with Crippen molar-refractivity contribution in [2.45, 2.75) is 6.92 Å². The van der Waals surface area contributed by atoms with Gasteiger partial charge in [-0.15, -0.1) is 0 Å². The Bertz CT molecular complexity index is 500. The Morgan fingerprint density at radius 3 is 2.73 bits per heavy atom. The van der Waals surface area contributed by atoms with Crippen molar-refractivity contribution in [1.29, 1.82) is 0 Å². The third kappa shape index (κ3) is 1.81. The Labute approximate surface area is 88.4 Å². The van der Waals surface area contributed by atoms with Gasteiger partial charge in [0.15, 0.2) is 6.29 Å². The third-order valence-electron chi connectivity index (χ3n) is 2.35. The summed E-state index contributed by atoms with van der Waals surface area (Å²) < 4.78 is 1.59. The van der Waals surface area contributed by atoms with Crippen molar-refractivity contribution in [3.8, 4) is 11.3 Å².